The second-order valence-electron chi connectivity index (χ2n) is 4.14. The van der Waals surface area contributed by atoms with Gasteiger partial charge in [-0.1, -0.05) is 12.1 Å². The Kier molecular flexibility index (Phi) is 2.48. The molecule has 18 heavy (non-hydrogen) atoms. The summed E-state index contributed by atoms with van der Waals surface area (Å²) in [5, 5.41) is 0. The Bertz CT molecular complexity index is 703. The van der Waals surface area contributed by atoms with Crippen molar-refractivity contribution in [2.45, 2.75) is 6.92 Å². The average Bonchev–Trinajstić information content (AvgIpc) is 2.81. The zero-order chi connectivity index (χ0) is 12.5. The molecule has 2 heterocycles. The van der Waals surface area contributed by atoms with Crippen molar-refractivity contribution >= 4 is 11.2 Å². The number of hydrogen-bond donors (Lipinski definition) is 1. The molecule has 0 bridgehead atoms. The summed E-state index contributed by atoms with van der Waals surface area (Å²) < 4.78 is 5.21. The van der Waals surface area contributed by atoms with Crippen molar-refractivity contribution in [2.24, 2.45) is 0 Å². The minimum atomic E-state index is 0.743. The van der Waals surface area contributed by atoms with E-state index in [2.05, 4.69) is 15.0 Å². The molecule has 0 fully saturated rings. The van der Waals surface area contributed by atoms with Crippen molar-refractivity contribution in [3.8, 4) is 17.1 Å². The zero-order valence-corrected chi connectivity index (χ0v) is 10.3. The molecule has 0 spiro atoms. The van der Waals surface area contributed by atoms with Gasteiger partial charge in [-0.25, -0.2) is 9.97 Å². The van der Waals surface area contributed by atoms with Gasteiger partial charge in [-0.2, -0.15) is 0 Å². The van der Waals surface area contributed by atoms with Crippen molar-refractivity contribution in [2.75, 3.05) is 7.11 Å². The van der Waals surface area contributed by atoms with Crippen LogP contribution >= 0.6 is 0 Å². The Morgan fingerprint density at radius 1 is 1.11 bits per heavy atom. The predicted molar refractivity (Wildman–Crippen MR) is 70.6 cm³/mol. The molecular weight excluding hydrogens is 226 g/mol. The summed E-state index contributed by atoms with van der Waals surface area (Å²) in [4.78, 5) is 12.1. The normalized spacial score (nSPS) is 10.8. The summed E-state index contributed by atoms with van der Waals surface area (Å²) in [6.07, 6.45) is 0. The van der Waals surface area contributed by atoms with Gasteiger partial charge in [-0.05, 0) is 31.2 Å². The van der Waals surface area contributed by atoms with Crippen molar-refractivity contribution in [1.29, 1.82) is 0 Å². The van der Waals surface area contributed by atoms with Gasteiger partial charge in [0.2, 0.25) is 0 Å². The molecule has 0 aliphatic heterocycles. The van der Waals surface area contributed by atoms with Crippen LogP contribution in [0.15, 0.2) is 36.4 Å². The summed E-state index contributed by atoms with van der Waals surface area (Å²) in [6, 6.07) is 11.8. The van der Waals surface area contributed by atoms with Crippen molar-refractivity contribution in [3.05, 3.63) is 42.1 Å². The molecule has 0 aliphatic carbocycles. The molecule has 4 nitrogen and oxygen atoms in total. The Morgan fingerprint density at radius 3 is 2.83 bits per heavy atom. The molecule has 2 aromatic heterocycles. The highest BCUT2D eigenvalue weighted by Crippen LogP contribution is 2.23. The van der Waals surface area contributed by atoms with Crippen LogP contribution in [0.4, 0.5) is 0 Å². The maximum absolute atomic E-state index is 5.21. The molecule has 0 radical (unpaired) electrons. The lowest BCUT2D eigenvalue weighted by Gasteiger charge is -2.01. The number of H-pyrrole nitrogens is 1. The fraction of sp³-hybridized carbons (Fsp3) is 0.143. The van der Waals surface area contributed by atoms with Gasteiger partial charge in [0.05, 0.1) is 12.6 Å². The van der Waals surface area contributed by atoms with E-state index in [9.17, 15) is 0 Å². The van der Waals surface area contributed by atoms with Crippen molar-refractivity contribution in [3.63, 3.8) is 0 Å². The maximum atomic E-state index is 5.21. The number of fused-ring (bicyclic) bond motifs is 1. The lowest BCUT2D eigenvalue weighted by Crippen LogP contribution is -1.85. The van der Waals surface area contributed by atoms with E-state index in [0.29, 0.717) is 0 Å². The topological polar surface area (TPSA) is 50.8 Å². The minimum Gasteiger partial charge on any atom is -0.497 e. The second-order valence-corrected chi connectivity index (χ2v) is 4.14. The van der Waals surface area contributed by atoms with Gasteiger partial charge in [-0.3, -0.25) is 0 Å². The largest absolute Gasteiger partial charge is 0.497 e. The van der Waals surface area contributed by atoms with Gasteiger partial charge in [0, 0.05) is 11.3 Å². The van der Waals surface area contributed by atoms with Gasteiger partial charge < -0.3 is 9.72 Å². The molecule has 3 aromatic rings. The number of nitrogens with zero attached hydrogens (tertiary/aromatic N) is 2. The third kappa shape index (κ3) is 1.82. The van der Waals surface area contributed by atoms with Crippen LogP contribution in [0.1, 0.15) is 5.69 Å². The number of pyridine rings is 1. The van der Waals surface area contributed by atoms with Gasteiger partial charge in [0.25, 0.3) is 0 Å². The van der Waals surface area contributed by atoms with E-state index in [-0.39, 0.29) is 0 Å². The fourth-order valence-electron chi connectivity index (χ4n) is 1.89. The number of benzene rings is 1. The summed E-state index contributed by atoms with van der Waals surface area (Å²) in [7, 11) is 1.66. The van der Waals surface area contributed by atoms with Crippen LogP contribution in [-0.2, 0) is 0 Å². The van der Waals surface area contributed by atoms with Gasteiger partial charge in [0.15, 0.2) is 5.65 Å². The van der Waals surface area contributed by atoms with Crippen LogP contribution in [0.2, 0.25) is 0 Å². The van der Waals surface area contributed by atoms with Crippen LogP contribution in [0, 0.1) is 6.92 Å². The summed E-state index contributed by atoms with van der Waals surface area (Å²) in [5.41, 5.74) is 3.64. The Balaban J connectivity index is 2.13. The first kappa shape index (κ1) is 10.8. The SMILES string of the molecule is COc1cccc(-c2nc3nc(C)ccc3[nH]2)c1. The number of imidazole rings is 1. The first-order valence-corrected chi connectivity index (χ1v) is 5.74. The van der Waals surface area contributed by atoms with E-state index in [1.165, 1.54) is 0 Å². The van der Waals surface area contributed by atoms with Crippen molar-refractivity contribution < 1.29 is 4.74 Å². The van der Waals surface area contributed by atoms with Crippen LogP contribution in [0.5, 0.6) is 5.75 Å². The molecule has 0 amide bonds. The quantitative estimate of drug-likeness (QED) is 0.748. The Morgan fingerprint density at radius 2 is 2.00 bits per heavy atom. The van der Waals surface area contributed by atoms with E-state index in [1.54, 1.807) is 7.11 Å². The first-order chi connectivity index (χ1) is 8.76. The summed E-state index contributed by atoms with van der Waals surface area (Å²) in [5.74, 6) is 1.62. The van der Waals surface area contributed by atoms with Crippen LogP contribution < -0.4 is 4.74 Å². The number of nitrogens with one attached hydrogen (secondary N) is 1. The molecule has 0 saturated carbocycles. The smallest absolute Gasteiger partial charge is 0.178 e. The molecule has 1 N–H and O–H groups in total. The summed E-state index contributed by atoms with van der Waals surface area (Å²) in [6.45, 7) is 1.96. The molecule has 0 aliphatic rings. The van der Waals surface area contributed by atoms with Crippen LogP contribution in [0.3, 0.4) is 0 Å². The Hall–Kier alpha value is -2.36. The number of ether oxygens (including phenoxy) is 1. The third-order valence-electron chi connectivity index (χ3n) is 2.83. The summed E-state index contributed by atoms with van der Waals surface area (Å²) >= 11 is 0. The third-order valence-corrected chi connectivity index (χ3v) is 2.83. The van der Waals surface area contributed by atoms with Gasteiger partial charge >= 0.3 is 0 Å². The highest BCUT2D eigenvalue weighted by molar-refractivity contribution is 5.76. The van der Waals surface area contributed by atoms with E-state index in [4.69, 9.17) is 4.74 Å². The monoisotopic (exact) mass is 239 g/mol. The lowest BCUT2D eigenvalue weighted by molar-refractivity contribution is 0.415. The average molecular weight is 239 g/mol. The van der Waals surface area contributed by atoms with Gasteiger partial charge in [0.1, 0.15) is 11.6 Å². The highest BCUT2D eigenvalue weighted by atomic mass is 16.5. The number of aromatic nitrogens is 3. The molecule has 4 heteroatoms. The Labute approximate surface area is 105 Å². The molecular formula is C14H13N3O. The zero-order valence-electron chi connectivity index (χ0n) is 10.3. The lowest BCUT2D eigenvalue weighted by atomic mass is 10.2. The maximum Gasteiger partial charge on any atom is 0.178 e. The second kappa shape index (κ2) is 4.14. The number of aryl methyl sites for hydroxylation is 1. The van der Waals surface area contributed by atoms with Gasteiger partial charge in [-0.15, -0.1) is 0 Å². The van der Waals surface area contributed by atoms with Crippen LogP contribution in [-0.4, -0.2) is 22.1 Å². The molecule has 0 saturated heterocycles. The standard InChI is InChI=1S/C14H13N3O/c1-9-6-7-12-14(15-9)17-13(16-12)10-4-3-5-11(8-10)18-2/h3-8H,1-2H3,(H,15,16,17). The molecule has 1 aromatic carbocycles. The number of aromatic amines is 1. The number of hydrogen-bond acceptors (Lipinski definition) is 3. The fourth-order valence-corrected chi connectivity index (χ4v) is 1.89. The highest BCUT2D eigenvalue weighted by Gasteiger charge is 2.06. The molecule has 0 unspecified atom stereocenters. The molecule has 3 rings (SSSR count). The molecule has 90 valence electrons. The number of rotatable bonds is 2. The van der Waals surface area contributed by atoms with E-state index < -0.39 is 0 Å². The van der Waals surface area contributed by atoms with Crippen LogP contribution in [0.25, 0.3) is 22.6 Å². The first-order valence-electron chi connectivity index (χ1n) is 5.74. The van der Waals surface area contributed by atoms with E-state index >= 15 is 0 Å². The minimum absolute atomic E-state index is 0.743. The predicted octanol–water partition coefficient (Wildman–Crippen LogP) is 2.94. The molecule has 0 atom stereocenters. The number of methoxy groups -OCH3 is 1. The van der Waals surface area contributed by atoms with E-state index in [1.807, 2.05) is 43.3 Å². The van der Waals surface area contributed by atoms with Crippen molar-refractivity contribution in [1.82, 2.24) is 15.0 Å². The van der Waals surface area contributed by atoms with E-state index in [0.717, 1.165) is 34.0 Å².